The number of carbonyl (C=O) groups is 2. The van der Waals surface area contributed by atoms with Gasteiger partial charge < -0.3 is 14.6 Å². The van der Waals surface area contributed by atoms with Crippen LogP contribution in [0.25, 0.3) is 0 Å². The van der Waals surface area contributed by atoms with E-state index in [9.17, 15) is 14.7 Å². The third-order valence-electron chi connectivity index (χ3n) is 6.28. The van der Waals surface area contributed by atoms with Gasteiger partial charge in [-0.25, -0.2) is 0 Å². The molecule has 3 heterocycles. The number of carbonyl (C=O) groups excluding carboxylic acids is 2. The maximum atomic E-state index is 13.0. The molecule has 8 heteroatoms. The number of amides is 1. The number of hydrogen-bond donors (Lipinski definition) is 1. The minimum Gasteiger partial charge on any atom is -0.391 e. The summed E-state index contributed by atoms with van der Waals surface area (Å²) in [6, 6.07) is 11.1. The standard InChI is InChI=1S/C25H29N5O3/c1-16(9-24-28-27-15-29(24)3)19-6-4-5-18(11-19)12-23(32)22-13-20(7-8-26-22)25(33)30-14-21(31)10-17(30)2/h4-8,11,13,15-17,21,31H,9-10,12,14H2,1-3H3/t16-,17-,21+/m1/s1. The second-order valence-corrected chi connectivity index (χ2v) is 8.93. The first kappa shape index (κ1) is 22.8. The van der Waals surface area contributed by atoms with Gasteiger partial charge in [-0.05, 0) is 42.5 Å². The predicted molar refractivity (Wildman–Crippen MR) is 123 cm³/mol. The topological polar surface area (TPSA) is 101 Å². The summed E-state index contributed by atoms with van der Waals surface area (Å²) in [6.07, 6.45) is 4.20. The fourth-order valence-electron chi connectivity index (χ4n) is 4.34. The maximum absolute atomic E-state index is 13.0. The van der Waals surface area contributed by atoms with Crippen LogP contribution in [0.5, 0.6) is 0 Å². The number of β-amino-alcohol motifs (C(OH)–C–C–N with tert-alkyl or cyclic N) is 1. The quantitative estimate of drug-likeness (QED) is 0.559. The molecule has 172 valence electrons. The van der Waals surface area contributed by atoms with E-state index < -0.39 is 6.10 Å². The molecule has 0 unspecified atom stereocenters. The summed E-state index contributed by atoms with van der Waals surface area (Å²) < 4.78 is 1.91. The number of aromatic nitrogens is 4. The zero-order chi connectivity index (χ0) is 23.5. The zero-order valence-corrected chi connectivity index (χ0v) is 19.2. The largest absolute Gasteiger partial charge is 0.391 e. The van der Waals surface area contributed by atoms with Gasteiger partial charge in [0.05, 0.1) is 6.10 Å². The van der Waals surface area contributed by atoms with E-state index in [-0.39, 0.29) is 35.8 Å². The molecule has 0 saturated carbocycles. The molecule has 0 aliphatic carbocycles. The van der Waals surface area contributed by atoms with Crippen LogP contribution in [0.15, 0.2) is 48.9 Å². The Morgan fingerprint density at radius 2 is 2.06 bits per heavy atom. The van der Waals surface area contributed by atoms with Crippen LogP contribution in [0, 0.1) is 0 Å². The lowest BCUT2D eigenvalue weighted by Crippen LogP contribution is -2.34. The van der Waals surface area contributed by atoms with Crippen molar-refractivity contribution in [3.05, 3.63) is 77.1 Å². The highest BCUT2D eigenvalue weighted by Crippen LogP contribution is 2.22. The van der Waals surface area contributed by atoms with Crippen LogP contribution >= 0.6 is 0 Å². The van der Waals surface area contributed by atoms with Crippen molar-refractivity contribution in [3.8, 4) is 0 Å². The van der Waals surface area contributed by atoms with E-state index in [2.05, 4.69) is 28.2 Å². The first-order valence-corrected chi connectivity index (χ1v) is 11.2. The molecule has 8 nitrogen and oxygen atoms in total. The fraction of sp³-hybridized carbons (Fsp3) is 0.400. The first-order chi connectivity index (χ1) is 15.8. The predicted octanol–water partition coefficient (Wildman–Crippen LogP) is 2.58. The second kappa shape index (κ2) is 9.62. The molecule has 1 aromatic carbocycles. The second-order valence-electron chi connectivity index (χ2n) is 8.93. The Kier molecular flexibility index (Phi) is 6.65. The number of likely N-dealkylation sites (tertiary alicyclic amines) is 1. The van der Waals surface area contributed by atoms with Gasteiger partial charge in [-0.15, -0.1) is 10.2 Å². The number of aliphatic hydroxyl groups excluding tert-OH is 1. The molecule has 1 N–H and O–H groups in total. The van der Waals surface area contributed by atoms with E-state index in [1.54, 1.807) is 23.4 Å². The van der Waals surface area contributed by atoms with Crippen molar-refractivity contribution in [2.45, 2.75) is 51.2 Å². The first-order valence-electron chi connectivity index (χ1n) is 11.2. The number of aliphatic hydroxyl groups is 1. The van der Waals surface area contributed by atoms with Gasteiger partial charge in [0.1, 0.15) is 17.8 Å². The van der Waals surface area contributed by atoms with Crippen LogP contribution in [0.1, 0.15) is 64.0 Å². The van der Waals surface area contributed by atoms with Crippen molar-refractivity contribution in [1.82, 2.24) is 24.6 Å². The van der Waals surface area contributed by atoms with E-state index in [1.807, 2.05) is 36.7 Å². The SMILES string of the molecule is C[C@H](Cc1nncn1C)c1cccc(CC(=O)c2cc(C(=O)N3C[C@@H](O)C[C@H]3C)ccn2)c1. The number of nitrogens with zero attached hydrogens (tertiary/aromatic N) is 5. The molecule has 4 rings (SSSR count). The van der Waals surface area contributed by atoms with Crippen molar-refractivity contribution in [2.24, 2.45) is 7.05 Å². The van der Waals surface area contributed by atoms with E-state index in [4.69, 9.17) is 0 Å². The zero-order valence-electron chi connectivity index (χ0n) is 19.2. The van der Waals surface area contributed by atoms with Gasteiger partial charge >= 0.3 is 0 Å². The molecular formula is C25H29N5O3. The molecule has 1 aliphatic rings. The third-order valence-corrected chi connectivity index (χ3v) is 6.28. The van der Waals surface area contributed by atoms with Crippen molar-refractivity contribution in [1.29, 1.82) is 0 Å². The summed E-state index contributed by atoms with van der Waals surface area (Å²) in [5.41, 5.74) is 2.71. The maximum Gasteiger partial charge on any atom is 0.254 e. The van der Waals surface area contributed by atoms with Crippen LogP contribution in [0.2, 0.25) is 0 Å². The van der Waals surface area contributed by atoms with Crippen LogP contribution < -0.4 is 0 Å². The molecule has 1 amide bonds. The summed E-state index contributed by atoms with van der Waals surface area (Å²) in [4.78, 5) is 31.7. The van der Waals surface area contributed by atoms with Crippen molar-refractivity contribution >= 4 is 11.7 Å². The van der Waals surface area contributed by atoms with Crippen molar-refractivity contribution in [3.63, 3.8) is 0 Å². The Bertz CT molecular complexity index is 1160. The molecule has 3 aromatic rings. The third kappa shape index (κ3) is 5.17. The lowest BCUT2D eigenvalue weighted by Gasteiger charge is -2.21. The van der Waals surface area contributed by atoms with Crippen LogP contribution in [-0.4, -0.2) is 60.1 Å². The molecule has 1 fully saturated rings. The summed E-state index contributed by atoms with van der Waals surface area (Å²) in [7, 11) is 1.93. The van der Waals surface area contributed by atoms with Gasteiger partial charge in [-0.1, -0.05) is 31.2 Å². The number of benzene rings is 1. The van der Waals surface area contributed by atoms with Gasteiger partial charge in [0.25, 0.3) is 5.91 Å². The average Bonchev–Trinajstić information content (AvgIpc) is 3.37. The normalized spacial score (nSPS) is 19.0. The average molecular weight is 448 g/mol. The molecular weight excluding hydrogens is 418 g/mol. The number of aryl methyl sites for hydroxylation is 1. The molecule has 2 aromatic heterocycles. The van der Waals surface area contributed by atoms with E-state index in [0.717, 1.165) is 23.4 Å². The molecule has 0 spiro atoms. The monoisotopic (exact) mass is 447 g/mol. The van der Waals surface area contributed by atoms with E-state index in [1.165, 1.54) is 6.20 Å². The Balaban J connectivity index is 1.45. The molecule has 33 heavy (non-hydrogen) atoms. The molecule has 0 bridgehead atoms. The van der Waals surface area contributed by atoms with Gasteiger partial charge in [0.15, 0.2) is 5.78 Å². The van der Waals surface area contributed by atoms with Gasteiger partial charge in [0.2, 0.25) is 0 Å². The lowest BCUT2D eigenvalue weighted by molar-refractivity contribution is 0.0726. The fourth-order valence-corrected chi connectivity index (χ4v) is 4.34. The number of ketones is 1. The van der Waals surface area contributed by atoms with Crippen LogP contribution in [0.4, 0.5) is 0 Å². The Hall–Kier alpha value is -3.39. The van der Waals surface area contributed by atoms with E-state index >= 15 is 0 Å². The summed E-state index contributed by atoms with van der Waals surface area (Å²) in [5, 5.41) is 17.9. The number of hydrogen-bond acceptors (Lipinski definition) is 6. The van der Waals surface area contributed by atoms with E-state index in [0.29, 0.717) is 18.5 Å². The van der Waals surface area contributed by atoms with Crippen molar-refractivity contribution in [2.75, 3.05) is 6.54 Å². The van der Waals surface area contributed by atoms with Crippen LogP contribution in [-0.2, 0) is 19.9 Å². The lowest BCUT2D eigenvalue weighted by atomic mass is 9.94. The number of rotatable bonds is 7. The smallest absolute Gasteiger partial charge is 0.254 e. The summed E-state index contributed by atoms with van der Waals surface area (Å²) in [6.45, 7) is 4.35. The highest BCUT2D eigenvalue weighted by Gasteiger charge is 2.32. The Labute approximate surface area is 193 Å². The van der Waals surface area contributed by atoms with Gasteiger partial charge in [0, 0.05) is 44.2 Å². The summed E-state index contributed by atoms with van der Waals surface area (Å²) >= 11 is 0. The highest BCUT2D eigenvalue weighted by molar-refractivity contribution is 6.00. The number of Topliss-reactive ketones (excluding diaryl/α,β-unsaturated/α-hetero) is 1. The van der Waals surface area contributed by atoms with Gasteiger partial charge in [-0.3, -0.25) is 14.6 Å². The molecule has 3 atom stereocenters. The molecule has 1 saturated heterocycles. The van der Waals surface area contributed by atoms with Gasteiger partial charge in [-0.2, -0.15) is 0 Å². The minimum atomic E-state index is -0.504. The van der Waals surface area contributed by atoms with Crippen molar-refractivity contribution < 1.29 is 14.7 Å². The Morgan fingerprint density at radius 1 is 1.24 bits per heavy atom. The molecule has 0 radical (unpaired) electrons. The summed E-state index contributed by atoms with van der Waals surface area (Å²) in [5.74, 6) is 0.807. The number of pyridine rings is 1. The highest BCUT2D eigenvalue weighted by atomic mass is 16.3. The van der Waals surface area contributed by atoms with Crippen LogP contribution in [0.3, 0.4) is 0 Å². The minimum absolute atomic E-state index is 0.0360. The Morgan fingerprint density at radius 3 is 2.76 bits per heavy atom. The molecule has 1 aliphatic heterocycles.